The molecule has 2 aromatic rings. The van der Waals surface area contributed by atoms with Gasteiger partial charge in [0.05, 0.1) is 6.10 Å². The van der Waals surface area contributed by atoms with Crippen molar-refractivity contribution in [2.45, 2.75) is 39.3 Å². The zero-order valence-electron chi connectivity index (χ0n) is 15.3. The van der Waals surface area contributed by atoms with E-state index in [9.17, 15) is 14.7 Å². The Balaban J connectivity index is 1.67. The summed E-state index contributed by atoms with van der Waals surface area (Å²) in [6, 6.07) is 5.87. The van der Waals surface area contributed by atoms with Crippen LogP contribution in [-0.4, -0.2) is 40.7 Å². The first-order valence-corrected chi connectivity index (χ1v) is 9.21. The highest BCUT2D eigenvalue weighted by molar-refractivity contribution is 6.31. The number of hydrogen-bond donors (Lipinski definition) is 1. The number of ketones is 1. The fourth-order valence-corrected chi connectivity index (χ4v) is 3.49. The van der Waals surface area contributed by atoms with Crippen molar-refractivity contribution in [1.29, 1.82) is 0 Å². The second kappa shape index (κ2) is 8.15. The van der Waals surface area contributed by atoms with Crippen LogP contribution in [-0.2, 0) is 16.0 Å². The van der Waals surface area contributed by atoms with Gasteiger partial charge in [-0.05, 0) is 51.0 Å². The normalized spacial score (nSPS) is 16.5. The molecule has 1 aromatic heterocycles. The van der Waals surface area contributed by atoms with E-state index in [2.05, 4.69) is 4.57 Å². The summed E-state index contributed by atoms with van der Waals surface area (Å²) < 4.78 is 12.8. The summed E-state index contributed by atoms with van der Waals surface area (Å²) in [5.74, 6) is -1.33. The Morgan fingerprint density at radius 1 is 1.30 bits per heavy atom. The van der Waals surface area contributed by atoms with Gasteiger partial charge in [-0.3, -0.25) is 4.79 Å². The molecule has 1 aromatic carbocycles. The van der Waals surface area contributed by atoms with Crippen molar-refractivity contribution >= 4 is 23.4 Å². The average molecular weight is 392 g/mol. The summed E-state index contributed by atoms with van der Waals surface area (Å²) in [5, 5.41) is 10.0. The molecule has 6 nitrogen and oxygen atoms in total. The van der Waals surface area contributed by atoms with E-state index in [-0.39, 0.29) is 23.2 Å². The predicted octanol–water partition coefficient (Wildman–Crippen LogP) is 3.68. The van der Waals surface area contributed by atoms with Crippen molar-refractivity contribution in [2.24, 2.45) is 0 Å². The molecule has 0 aliphatic carbocycles. The van der Waals surface area contributed by atoms with E-state index < -0.39 is 12.6 Å². The number of rotatable bonds is 6. The zero-order valence-corrected chi connectivity index (χ0v) is 16.1. The number of aryl methyl sites for hydroxylation is 1. The van der Waals surface area contributed by atoms with Crippen molar-refractivity contribution < 1.29 is 24.2 Å². The second-order valence-corrected chi connectivity index (χ2v) is 7.13. The lowest BCUT2D eigenvalue weighted by Crippen LogP contribution is -2.18. The molecule has 1 N–H and O–H groups in total. The van der Waals surface area contributed by atoms with Crippen LogP contribution in [0.4, 0.5) is 0 Å². The van der Waals surface area contributed by atoms with Crippen molar-refractivity contribution in [3.8, 4) is 5.75 Å². The Morgan fingerprint density at radius 3 is 2.78 bits per heavy atom. The number of phenolic OH excluding ortho intramolecular Hbond substituents is 1. The highest BCUT2D eigenvalue weighted by Crippen LogP contribution is 2.23. The van der Waals surface area contributed by atoms with Crippen LogP contribution in [0.1, 0.15) is 44.9 Å². The summed E-state index contributed by atoms with van der Waals surface area (Å²) in [7, 11) is 0. The highest BCUT2D eigenvalue weighted by Gasteiger charge is 2.22. The number of benzene rings is 1. The number of ether oxygens (including phenoxy) is 2. The van der Waals surface area contributed by atoms with E-state index >= 15 is 0 Å². The summed E-state index contributed by atoms with van der Waals surface area (Å²) in [4.78, 5) is 24.7. The van der Waals surface area contributed by atoms with E-state index in [1.165, 1.54) is 18.2 Å². The maximum absolute atomic E-state index is 12.5. The summed E-state index contributed by atoms with van der Waals surface area (Å²) in [6.45, 7) is 4.90. The minimum absolute atomic E-state index is 0.0702. The summed E-state index contributed by atoms with van der Waals surface area (Å²) >= 11 is 5.83. The summed E-state index contributed by atoms with van der Waals surface area (Å²) in [6.07, 6.45) is 2.24. The molecule has 27 heavy (non-hydrogen) atoms. The quantitative estimate of drug-likeness (QED) is 0.600. The first kappa shape index (κ1) is 19.5. The minimum Gasteiger partial charge on any atom is -0.507 e. The number of aromatic hydroxyl groups is 1. The molecule has 0 unspecified atom stereocenters. The van der Waals surface area contributed by atoms with Crippen LogP contribution >= 0.6 is 11.6 Å². The molecule has 7 heteroatoms. The Kier molecular flexibility index (Phi) is 5.87. The highest BCUT2D eigenvalue weighted by atomic mass is 35.5. The fourth-order valence-electron chi connectivity index (χ4n) is 3.31. The van der Waals surface area contributed by atoms with E-state index in [0.29, 0.717) is 17.1 Å². The van der Waals surface area contributed by atoms with Gasteiger partial charge in [0.25, 0.3) is 0 Å². The van der Waals surface area contributed by atoms with E-state index in [4.69, 9.17) is 21.1 Å². The molecule has 0 bridgehead atoms. The van der Waals surface area contributed by atoms with E-state index in [0.717, 1.165) is 30.8 Å². The van der Waals surface area contributed by atoms with Gasteiger partial charge < -0.3 is 19.1 Å². The molecule has 1 aliphatic heterocycles. The maximum atomic E-state index is 12.5. The largest absolute Gasteiger partial charge is 0.507 e. The number of Topliss-reactive ketones (excluding diaryl/α,β-unsaturated/α-hetero) is 1. The molecule has 0 spiro atoms. The third-order valence-corrected chi connectivity index (χ3v) is 5.03. The minimum atomic E-state index is -0.795. The Morgan fingerprint density at radius 2 is 2.07 bits per heavy atom. The molecule has 0 radical (unpaired) electrons. The van der Waals surface area contributed by atoms with Gasteiger partial charge in [-0.25, -0.2) is 4.79 Å². The van der Waals surface area contributed by atoms with Gasteiger partial charge in [0.15, 0.2) is 6.61 Å². The van der Waals surface area contributed by atoms with E-state index in [1.807, 2.05) is 13.8 Å². The standard InChI is InChI=1S/C20H22ClNO5/c1-12-8-16(13(2)22(12)10-15-4-3-7-26-15)19(24)11-27-20(25)17-9-14(21)5-6-18(17)23/h5-6,8-9,15,23H,3-4,7,10-11H2,1-2H3/t15-/m0/s1. The topological polar surface area (TPSA) is 77.8 Å². The molecular formula is C20H22ClNO5. The molecule has 3 rings (SSSR count). The van der Waals surface area contributed by atoms with Gasteiger partial charge in [-0.15, -0.1) is 0 Å². The van der Waals surface area contributed by atoms with Crippen molar-refractivity contribution in [3.05, 3.63) is 51.8 Å². The number of halogens is 1. The van der Waals surface area contributed by atoms with Gasteiger partial charge in [-0.1, -0.05) is 11.6 Å². The van der Waals surface area contributed by atoms with Crippen LogP contribution in [0.2, 0.25) is 5.02 Å². The number of nitrogens with zero attached hydrogens (tertiary/aromatic N) is 1. The van der Waals surface area contributed by atoms with Gasteiger partial charge in [0.1, 0.15) is 11.3 Å². The summed E-state index contributed by atoms with van der Waals surface area (Å²) in [5.41, 5.74) is 2.24. The Hall–Kier alpha value is -2.31. The molecule has 1 fully saturated rings. The van der Waals surface area contributed by atoms with Gasteiger partial charge in [0.2, 0.25) is 5.78 Å². The molecule has 1 saturated heterocycles. The third kappa shape index (κ3) is 4.34. The third-order valence-electron chi connectivity index (χ3n) is 4.80. The lowest BCUT2D eigenvalue weighted by molar-refractivity contribution is 0.0471. The van der Waals surface area contributed by atoms with Crippen molar-refractivity contribution in [1.82, 2.24) is 4.57 Å². The number of carbonyl (C=O) groups is 2. The maximum Gasteiger partial charge on any atom is 0.342 e. The van der Waals surface area contributed by atoms with Crippen LogP contribution in [0.5, 0.6) is 5.75 Å². The van der Waals surface area contributed by atoms with Crippen molar-refractivity contribution in [2.75, 3.05) is 13.2 Å². The number of phenols is 1. The molecule has 144 valence electrons. The lowest BCUT2D eigenvalue weighted by atomic mass is 10.1. The number of esters is 1. The molecule has 2 heterocycles. The Bertz CT molecular complexity index is 867. The monoisotopic (exact) mass is 391 g/mol. The SMILES string of the molecule is Cc1cc(C(=O)COC(=O)c2cc(Cl)ccc2O)c(C)n1C[C@@H]1CCCO1. The van der Waals surface area contributed by atoms with Gasteiger partial charge in [0, 0.05) is 35.1 Å². The lowest BCUT2D eigenvalue weighted by Gasteiger charge is -2.14. The van der Waals surface area contributed by atoms with Crippen LogP contribution < -0.4 is 0 Å². The predicted molar refractivity (Wildman–Crippen MR) is 101 cm³/mol. The second-order valence-electron chi connectivity index (χ2n) is 6.69. The molecule has 1 atom stereocenters. The Labute approximate surface area is 162 Å². The number of hydrogen-bond acceptors (Lipinski definition) is 5. The van der Waals surface area contributed by atoms with E-state index in [1.54, 1.807) is 6.07 Å². The van der Waals surface area contributed by atoms with Crippen LogP contribution in [0.15, 0.2) is 24.3 Å². The van der Waals surface area contributed by atoms with Gasteiger partial charge >= 0.3 is 5.97 Å². The molecule has 0 saturated carbocycles. The first-order chi connectivity index (χ1) is 12.9. The van der Waals surface area contributed by atoms with Crippen LogP contribution in [0, 0.1) is 13.8 Å². The first-order valence-electron chi connectivity index (χ1n) is 8.84. The van der Waals surface area contributed by atoms with Gasteiger partial charge in [-0.2, -0.15) is 0 Å². The average Bonchev–Trinajstić information content (AvgIpc) is 3.25. The van der Waals surface area contributed by atoms with Crippen molar-refractivity contribution in [3.63, 3.8) is 0 Å². The number of carbonyl (C=O) groups excluding carboxylic acids is 2. The fraction of sp³-hybridized carbons (Fsp3) is 0.400. The van der Waals surface area contributed by atoms with Crippen LogP contribution in [0.25, 0.3) is 0 Å². The molecular weight excluding hydrogens is 370 g/mol. The smallest absolute Gasteiger partial charge is 0.342 e. The molecule has 0 amide bonds. The molecule has 1 aliphatic rings. The van der Waals surface area contributed by atoms with Crippen LogP contribution in [0.3, 0.4) is 0 Å². The number of aromatic nitrogens is 1. The zero-order chi connectivity index (χ0) is 19.6.